The molecule has 0 saturated carbocycles. The van der Waals surface area contributed by atoms with Crippen LogP contribution in [0.15, 0.2) is 64.6 Å². The summed E-state index contributed by atoms with van der Waals surface area (Å²) < 4.78 is 31.8. The van der Waals surface area contributed by atoms with Gasteiger partial charge in [0.15, 0.2) is 0 Å². The molecule has 26 heavy (non-hydrogen) atoms. The van der Waals surface area contributed by atoms with Crippen LogP contribution in [0, 0.1) is 0 Å². The summed E-state index contributed by atoms with van der Waals surface area (Å²) in [5.41, 5.74) is 0.379. The number of nitrogens with one attached hydrogen (secondary N) is 2. The largest absolute Gasteiger partial charge is 0.468 e. The zero-order chi connectivity index (χ0) is 19.2. The van der Waals surface area contributed by atoms with Gasteiger partial charge in [0, 0.05) is 18.7 Å². The van der Waals surface area contributed by atoms with Crippen LogP contribution in [0.4, 0.5) is 0 Å². The molecule has 1 amide bonds. The van der Waals surface area contributed by atoms with Gasteiger partial charge in [0.2, 0.25) is 10.0 Å². The first-order valence-electron chi connectivity index (χ1n) is 8.04. The van der Waals surface area contributed by atoms with Crippen molar-refractivity contribution in [2.75, 3.05) is 27.2 Å². The van der Waals surface area contributed by atoms with E-state index in [1.54, 1.807) is 12.3 Å². The fraction of sp³-hybridized carbons (Fsp3) is 0.278. The molecule has 1 aromatic heterocycles. The van der Waals surface area contributed by atoms with Gasteiger partial charge in [-0.05, 0) is 50.5 Å². The highest BCUT2D eigenvalue weighted by Crippen LogP contribution is 2.18. The monoisotopic (exact) mass is 377 g/mol. The molecule has 1 unspecified atom stereocenters. The van der Waals surface area contributed by atoms with Crippen LogP contribution < -0.4 is 10.0 Å². The van der Waals surface area contributed by atoms with Crippen LogP contribution in [-0.4, -0.2) is 46.4 Å². The number of amides is 1. The van der Waals surface area contributed by atoms with E-state index in [9.17, 15) is 13.2 Å². The first-order chi connectivity index (χ1) is 12.3. The predicted octanol–water partition coefficient (Wildman–Crippen LogP) is 1.78. The third-order valence-electron chi connectivity index (χ3n) is 3.80. The summed E-state index contributed by atoms with van der Waals surface area (Å²) >= 11 is 0. The molecule has 1 atom stereocenters. The molecule has 0 bridgehead atoms. The smallest absolute Gasteiger partial charge is 0.251 e. The predicted molar refractivity (Wildman–Crippen MR) is 99.3 cm³/mol. The molecule has 1 aromatic carbocycles. The third kappa shape index (κ3) is 5.04. The Kier molecular flexibility index (Phi) is 6.73. The van der Waals surface area contributed by atoms with Crippen LogP contribution in [-0.2, 0) is 10.0 Å². The van der Waals surface area contributed by atoms with E-state index < -0.39 is 10.0 Å². The van der Waals surface area contributed by atoms with E-state index in [4.69, 9.17) is 4.42 Å². The fourth-order valence-corrected chi connectivity index (χ4v) is 3.35. The third-order valence-corrected chi connectivity index (χ3v) is 5.23. The highest BCUT2D eigenvalue weighted by atomic mass is 32.2. The maximum Gasteiger partial charge on any atom is 0.251 e. The summed E-state index contributed by atoms with van der Waals surface area (Å²) in [6.45, 7) is 3.97. The molecule has 2 rings (SSSR count). The van der Waals surface area contributed by atoms with Crippen LogP contribution in [0.3, 0.4) is 0 Å². The lowest BCUT2D eigenvalue weighted by Crippen LogP contribution is -2.34. The minimum atomic E-state index is -3.60. The van der Waals surface area contributed by atoms with Crippen molar-refractivity contribution < 1.29 is 17.6 Å². The van der Waals surface area contributed by atoms with Crippen molar-refractivity contribution in [2.24, 2.45) is 0 Å². The van der Waals surface area contributed by atoms with E-state index in [0.717, 1.165) is 5.76 Å². The van der Waals surface area contributed by atoms with Crippen molar-refractivity contribution in [1.82, 2.24) is 14.9 Å². The van der Waals surface area contributed by atoms with E-state index >= 15 is 0 Å². The molecule has 0 radical (unpaired) electrons. The van der Waals surface area contributed by atoms with Crippen LogP contribution in [0.25, 0.3) is 0 Å². The normalized spacial score (nSPS) is 12.7. The SMILES string of the molecule is C=CCNS(=O)(=O)c1ccc(C(=O)NCC(c2ccco2)N(C)C)cc1. The molecular formula is C18H23N3O4S. The second kappa shape index (κ2) is 8.79. The Bertz CT molecular complexity index is 828. The fourth-order valence-electron chi connectivity index (χ4n) is 2.35. The summed E-state index contributed by atoms with van der Waals surface area (Å²) in [7, 11) is 0.193. The quantitative estimate of drug-likeness (QED) is 0.650. The van der Waals surface area contributed by atoms with Crippen LogP contribution in [0.1, 0.15) is 22.2 Å². The number of hydrogen-bond acceptors (Lipinski definition) is 5. The average molecular weight is 377 g/mol. The minimum absolute atomic E-state index is 0.0950. The van der Waals surface area contributed by atoms with Gasteiger partial charge in [0.1, 0.15) is 5.76 Å². The molecule has 140 valence electrons. The number of rotatable bonds is 9. The Morgan fingerprint density at radius 1 is 1.27 bits per heavy atom. The maximum absolute atomic E-state index is 12.3. The number of sulfonamides is 1. The van der Waals surface area contributed by atoms with Crippen molar-refractivity contribution in [3.8, 4) is 0 Å². The molecule has 0 aliphatic heterocycles. The lowest BCUT2D eigenvalue weighted by molar-refractivity contribution is 0.0939. The number of carbonyl (C=O) groups excluding carboxylic acids is 1. The maximum atomic E-state index is 12.3. The Balaban J connectivity index is 2.02. The second-order valence-electron chi connectivity index (χ2n) is 5.87. The number of carbonyl (C=O) groups is 1. The molecule has 0 spiro atoms. The average Bonchev–Trinajstić information content (AvgIpc) is 3.14. The van der Waals surface area contributed by atoms with Crippen LogP contribution >= 0.6 is 0 Å². The van der Waals surface area contributed by atoms with Gasteiger partial charge >= 0.3 is 0 Å². The molecule has 7 nitrogen and oxygen atoms in total. The standard InChI is InChI=1S/C18H23N3O4S/c1-4-11-20-26(23,24)15-9-7-14(8-10-15)18(22)19-13-16(21(2)3)17-6-5-12-25-17/h4-10,12,16,20H,1,11,13H2,2-3H3,(H,19,22). The van der Waals surface area contributed by atoms with Crippen molar-refractivity contribution in [3.63, 3.8) is 0 Å². The summed E-state index contributed by atoms with van der Waals surface area (Å²) in [4.78, 5) is 14.4. The molecule has 0 fully saturated rings. The molecule has 0 aliphatic carbocycles. The van der Waals surface area contributed by atoms with E-state index in [1.165, 1.54) is 30.3 Å². The zero-order valence-corrected chi connectivity index (χ0v) is 15.6. The van der Waals surface area contributed by atoms with Crippen molar-refractivity contribution >= 4 is 15.9 Å². The van der Waals surface area contributed by atoms with Crippen LogP contribution in [0.5, 0.6) is 0 Å². The number of benzene rings is 1. The molecule has 0 saturated heterocycles. The van der Waals surface area contributed by atoms with Gasteiger partial charge in [-0.25, -0.2) is 13.1 Å². The van der Waals surface area contributed by atoms with Gasteiger partial charge in [-0.3, -0.25) is 9.69 Å². The number of furan rings is 1. The molecule has 2 aromatic rings. The van der Waals surface area contributed by atoms with Crippen molar-refractivity contribution in [1.29, 1.82) is 0 Å². The number of hydrogen-bond donors (Lipinski definition) is 2. The van der Waals surface area contributed by atoms with Gasteiger partial charge in [0.05, 0.1) is 17.2 Å². The van der Waals surface area contributed by atoms with E-state index in [1.807, 2.05) is 25.1 Å². The van der Waals surface area contributed by atoms with Gasteiger partial charge < -0.3 is 9.73 Å². The lowest BCUT2D eigenvalue weighted by Gasteiger charge is -2.22. The molecular weight excluding hydrogens is 354 g/mol. The summed E-state index contributed by atoms with van der Waals surface area (Å²) in [6.07, 6.45) is 3.05. The van der Waals surface area contributed by atoms with Crippen LogP contribution in [0.2, 0.25) is 0 Å². The number of likely N-dealkylation sites (N-methyl/N-ethyl adjacent to an activating group) is 1. The number of nitrogens with zero attached hydrogens (tertiary/aromatic N) is 1. The topological polar surface area (TPSA) is 91.6 Å². The summed E-state index contributed by atoms with van der Waals surface area (Å²) in [6, 6.07) is 9.31. The first kappa shape index (κ1) is 19.9. The van der Waals surface area contributed by atoms with Crippen molar-refractivity contribution in [3.05, 3.63) is 66.6 Å². The van der Waals surface area contributed by atoms with E-state index in [-0.39, 0.29) is 23.4 Å². The molecule has 2 N–H and O–H groups in total. The Hall–Kier alpha value is -2.42. The molecule has 1 heterocycles. The zero-order valence-electron chi connectivity index (χ0n) is 14.8. The van der Waals surface area contributed by atoms with E-state index in [0.29, 0.717) is 12.1 Å². The van der Waals surface area contributed by atoms with E-state index in [2.05, 4.69) is 16.6 Å². The first-order valence-corrected chi connectivity index (χ1v) is 9.52. The molecule has 0 aliphatic rings. The minimum Gasteiger partial charge on any atom is -0.468 e. The Morgan fingerprint density at radius 2 is 1.96 bits per heavy atom. The second-order valence-corrected chi connectivity index (χ2v) is 7.64. The highest BCUT2D eigenvalue weighted by molar-refractivity contribution is 7.89. The van der Waals surface area contributed by atoms with Gasteiger partial charge in [-0.2, -0.15) is 0 Å². The highest BCUT2D eigenvalue weighted by Gasteiger charge is 2.19. The summed E-state index contributed by atoms with van der Waals surface area (Å²) in [5, 5.41) is 2.84. The van der Waals surface area contributed by atoms with Gasteiger partial charge in [0.25, 0.3) is 5.91 Å². The van der Waals surface area contributed by atoms with Gasteiger partial charge in [-0.15, -0.1) is 6.58 Å². The summed E-state index contributed by atoms with van der Waals surface area (Å²) in [5.74, 6) is 0.469. The Labute approximate surface area is 153 Å². The molecule has 8 heteroatoms. The lowest BCUT2D eigenvalue weighted by atomic mass is 10.2. The Morgan fingerprint density at radius 3 is 2.50 bits per heavy atom. The van der Waals surface area contributed by atoms with Gasteiger partial charge in [-0.1, -0.05) is 6.08 Å². The van der Waals surface area contributed by atoms with Crippen molar-refractivity contribution in [2.45, 2.75) is 10.9 Å².